The van der Waals surface area contributed by atoms with Crippen LogP contribution in [0.3, 0.4) is 0 Å². The van der Waals surface area contributed by atoms with E-state index in [1.807, 2.05) is 12.1 Å². The van der Waals surface area contributed by atoms with Crippen LogP contribution in [-0.4, -0.2) is 19.3 Å². The predicted molar refractivity (Wildman–Crippen MR) is 64.5 cm³/mol. The molecular weight excluding hydrogens is 226 g/mol. The number of hydrogen-bond acceptors (Lipinski definition) is 3. The zero-order chi connectivity index (χ0) is 11.4. The predicted octanol–water partition coefficient (Wildman–Crippen LogP) is 2.62. The Kier molecular flexibility index (Phi) is 4.04. The van der Waals surface area contributed by atoms with E-state index in [0.29, 0.717) is 23.4 Å². The minimum atomic E-state index is 0.294. The van der Waals surface area contributed by atoms with Crippen LogP contribution in [0.4, 0.5) is 5.69 Å². The van der Waals surface area contributed by atoms with Crippen molar-refractivity contribution in [3.05, 3.63) is 28.8 Å². The fraction of sp³-hybridized carbons (Fsp3) is 0.500. The van der Waals surface area contributed by atoms with Gasteiger partial charge in [-0.2, -0.15) is 0 Å². The molecule has 1 heterocycles. The minimum absolute atomic E-state index is 0.294. The van der Waals surface area contributed by atoms with E-state index in [1.165, 1.54) is 0 Å². The average Bonchev–Trinajstić information content (AvgIpc) is 2.29. The Hall–Kier alpha value is -0.770. The van der Waals surface area contributed by atoms with E-state index in [2.05, 4.69) is 0 Å². The fourth-order valence-corrected chi connectivity index (χ4v) is 1.97. The normalized spacial score (nSPS) is 17.6. The van der Waals surface area contributed by atoms with Gasteiger partial charge in [-0.3, -0.25) is 0 Å². The summed E-state index contributed by atoms with van der Waals surface area (Å²) in [5.41, 5.74) is 7.29. The summed E-state index contributed by atoms with van der Waals surface area (Å²) in [4.78, 5) is 0. The summed E-state index contributed by atoms with van der Waals surface area (Å²) in [6.45, 7) is 2.13. The smallest absolute Gasteiger partial charge is 0.0735 e. The maximum Gasteiger partial charge on any atom is 0.0735 e. The van der Waals surface area contributed by atoms with Gasteiger partial charge in [0.25, 0.3) is 0 Å². The van der Waals surface area contributed by atoms with Crippen molar-refractivity contribution in [2.75, 3.05) is 18.9 Å². The standard InChI is InChI=1S/C12H16ClNO2/c13-12-7-10(14)2-1-9(12)8-16-11-3-5-15-6-4-11/h1-2,7,11H,3-6,8,14H2. The van der Waals surface area contributed by atoms with Crippen LogP contribution in [0, 0.1) is 0 Å². The average molecular weight is 242 g/mol. The fourth-order valence-electron chi connectivity index (χ4n) is 1.73. The Balaban J connectivity index is 1.88. The molecule has 2 N–H and O–H groups in total. The highest BCUT2D eigenvalue weighted by Crippen LogP contribution is 2.21. The van der Waals surface area contributed by atoms with Gasteiger partial charge in [-0.1, -0.05) is 17.7 Å². The summed E-state index contributed by atoms with van der Waals surface area (Å²) in [5.74, 6) is 0. The van der Waals surface area contributed by atoms with Crippen LogP contribution in [0.1, 0.15) is 18.4 Å². The Morgan fingerprint density at radius 1 is 1.38 bits per heavy atom. The third kappa shape index (κ3) is 3.11. The quantitative estimate of drug-likeness (QED) is 0.828. The van der Waals surface area contributed by atoms with Crippen molar-refractivity contribution in [3.63, 3.8) is 0 Å². The van der Waals surface area contributed by atoms with Gasteiger partial charge in [-0.25, -0.2) is 0 Å². The molecule has 1 saturated heterocycles. The van der Waals surface area contributed by atoms with E-state index in [9.17, 15) is 0 Å². The minimum Gasteiger partial charge on any atom is -0.399 e. The number of rotatable bonds is 3. The number of benzene rings is 1. The van der Waals surface area contributed by atoms with Crippen molar-refractivity contribution in [2.24, 2.45) is 0 Å². The molecule has 4 heteroatoms. The van der Waals surface area contributed by atoms with Crippen LogP contribution in [0.2, 0.25) is 5.02 Å². The van der Waals surface area contributed by atoms with Crippen molar-refractivity contribution < 1.29 is 9.47 Å². The highest BCUT2D eigenvalue weighted by molar-refractivity contribution is 6.31. The van der Waals surface area contributed by atoms with E-state index >= 15 is 0 Å². The van der Waals surface area contributed by atoms with E-state index in [4.69, 9.17) is 26.8 Å². The summed E-state index contributed by atoms with van der Waals surface area (Å²) in [6, 6.07) is 5.51. The lowest BCUT2D eigenvalue weighted by atomic mass is 10.1. The summed E-state index contributed by atoms with van der Waals surface area (Å²) in [7, 11) is 0. The molecular formula is C12H16ClNO2. The number of nitrogen functional groups attached to an aromatic ring is 1. The van der Waals surface area contributed by atoms with Gasteiger partial charge in [0.05, 0.1) is 12.7 Å². The van der Waals surface area contributed by atoms with Crippen LogP contribution < -0.4 is 5.73 Å². The van der Waals surface area contributed by atoms with E-state index in [0.717, 1.165) is 31.6 Å². The van der Waals surface area contributed by atoms with Gasteiger partial charge >= 0.3 is 0 Å². The Labute approximate surface area is 100 Å². The number of ether oxygens (including phenoxy) is 2. The van der Waals surface area contributed by atoms with Crippen molar-refractivity contribution in [1.82, 2.24) is 0 Å². The first-order chi connectivity index (χ1) is 7.75. The second-order valence-corrected chi connectivity index (χ2v) is 4.38. The maximum atomic E-state index is 6.06. The third-order valence-corrected chi connectivity index (χ3v) is 3.07. The SMILES string of the molecule is Nc1ccc(COC2CCOCC2)c(Cl)c1. The van der Waals surface area contributed by atoms with Crippen LogP contribution >= 0.6 is 11.6 Å². The van der Waals surface area contributed by atoms with Gasteiger partial charge < -0.3 is 15.2 Å². The van der Waals surface area contributed by atoms with Gasteiger partial charge in [0.2, 0.25) is 0 Å². The summed E-state index contributed by atoms with van der Waals surface area (Å²) in [6.07, 6.45) is 2.22. The highest BCUT2D eigenvalue weighted by Gasteiger charge is 2.14. The van der Waals surface area contributed by atoms with Gasteiger partial charge in [0.1, 0.15) is 0 Å². The molecule has 1 aliphatic rings. The Bertz CT molecular complexity index is 351. The lowest BCUT2D eigenvalue weighted by Gasteiger charge is -2.22. The van der Waals surface area contributed by atoms with E-state index < -0.39 is 0 Å². The number of anilines is 1. The molecule has 0 saturated carbocycles. The summed E-state index contributed by atoms with van der Waals surface area (Å²) in [5, 5.41) is 0.673. The molecule has 0 spiro atoms. The van der Waals surface area contributed by atoms with Crippen LogP contribution in [0.25, 0.3) is 0 Å². The molecule has 0 atom stereocenters. The number of hydrogen-bond donors (Lipinski definition) is 1. The molecule has 0 unspecified atom stereocenters. The van der Waals surface area contributed by atoms with Crippen molar-refractivity contribution >= 4 is 17.3 Å². The first-order valence-corrected chi connectivity index (χ1v) is 5.87. The molecule has 0 aliphatic carbocycles. The molecule has 0 aromatic heterocycles. The van der Waals surface area contributed by atoms with Gasteiger partial charge in [0.15, 0.2) is 0 Å². The molecule has 1 aromatic rings. The summed E-state index contributed by atoms with van der Waals surface area (Å²) >= 11 is 6.06. The van der Waals surface area contributed by atoms with Crippen LogP contribution in [0.15, 0.2) is 18.2 Å². The Morgan fingerprint density at radius 3 is 2.81 bits per heavy atom. The lowest BCUT2D eigenvalue weighted by Crippen LogP contribution is -2.23. The zero-order valence-electron chi connectivity index (χ0n) is 9.12. The van der Waals surface area contributed by atoms with Crippen molar-refractivity contribution in [3.8, 4) is 0 Å². The molecule has 0 amide bonds. The first kappa shape index (κ1) is 11.7. The second kappa shape index (κ2) is 5.53. The highest BCUT2D eigenvalue weighted by atomic mass is 35.5. The topological polar surface area (TPSA) is 44.5 Å². The Morgan fingerprint density at radius 2 is 2.12 bits per heavy atom. The van der Waals surface area contributed by atoms with Gasteiger partial charge in [-0.15, -0.1) is 0 Å². The van der Waals surface area contributed by atoms with E-state index in [-0.39, 0.29) is 0 Å². The molecule has 0 radical (unpaired) electrons. The molecule has 3 nitrogen and oxygen atoms in total. The zero-order valence-corrected chi connectivity index (χ0v) is 9.87. The molecule has 16 heavy (non-hydrogen) atoms. The van der Waals surface area contributed by atoms with Crippen molar-refractivity contribution in [2.45, 2.75) is 25.6 Å². The van der Waals surface area contributed by atoms with Gasteiger partial charge in [0, 0.05) is 23.9 Å². The molecule has 88 valence electrons. The third-order valence-electron chi connectivity index (χ3n) is 2.72. The molecule has 1 aromatic carbocycles. The second-order valence-electron chi connectivity index (χ2n) is 3.97. The number of halogens is 1. The molecule has 0 bridgehead atoms. The molecule has 1 aliphatic heterocycles. The largest absolute Gasteiger partial charge is 0.399 e. The van der Waals surface area contributed by atoms with Crippen LogP contribution in [-0.2, 0) is 16.1 Å². The van der Waals surface area contributed by atoms with Gasteiger partial charge in [-0.05, 0) is 30.5 Å². The maximum absolute atomic E-state index is 6.06. The molecule has 1 fully saturated rings. The van der Waals surface area contributed by atoms with Crippen LogP contribution in [0.5, 0.6) is 0 Å². The molecule has 2 rings (SSSR count). The van der Waals surface area contributed by atoms with Crippen molar-refractivity contribution in [1.29, 1.82) is 0 Å². The monoisotopic (exact) mass is 241 g/mol. The number of nitrogens with two attached hydrogens (primary N) is 1. The van der Waals surface area contributed by atoms with E-state index in [1.54, 1.807) is 6.07 Å². The summed E-state index contributed by atoms with van der Waals surface area (Å²) < 4.78 is 11.1. The lowest BCUT2D eigenvalue weighted by molar-refractivity contribution is -0.0390. The first-order valence-electron chi connectivity index (χ1n) is 5.49.